The minimum atomic E-state index is 0.437. The number of nitrogens with zero attached hydrogens (tertiary/aromatic N) is 1. The molecule has 2 atom stereocenters. The maximum Gasteiger partial charge on any atom is 0.0593 e. The van der Waals surface area contributed by atoms with Crippen LogP contribution in [0.15, 0.2) is 0 Å². The molecule has 0 radical (unpaired) electrons. The zero-order valence-corrected chi connectivity index (χ0v) is 12.4. The molecule has 1 aliphatic heterocycles. The number of ether oxygens (including phenoxy) is 1. The summed E-state index contributed by atoms with van der Waals surface area (Å²) in [7, 11) is 0. The molecule has 18 heavy (non-hydrogen) atoms. The predicted octanol–water partition coefficient (Wildman–Crippen LogP) is 2.27. The second-order valence-electron chi connectivity index (χ2n) is 6.53. The lowest BCUT2D eigenvalue weighted by molar-refractivity contribution is 0.117. The van der Waals surface area contributed by atoms with E-state index >= 15 is 0 Å². The second-order valence-corrected chi connectivity index (χ2v) is 6.53. The van der Waals surface area contributed by atoms with Crippen molar-refractivity contribution >= 4 is 0 Å². The van der Waals surface area contributed by atoms with Gasteiger partial charge >= 0.3 is 0 Å². The molecule has 2 fully saturated rings. The Morgan fingerprint density at radius 3 is 2.89 bits per heavy atom. The van der Waals surface area contributed by atoms with Crippen LogP contribution in [0.4, 0.5) is 0 Å². The molecule has 3 nitrogen and oxygen atoms in total. The Morgan fingerprint density at radius 2 is 2.11 bits per heavy atom. The average Bonchev–Trinajstić information content (AvgIpc) is 2.56. The molecule has 2 aliphatic rings. The van der Waals surface area contributed by atoms with Crippen molar-refractivity contribution in [2.45, 2.75) is 58.5 Å². The molecule has 2 unspecified atom stereocenters. The van der Waals surface area contributed by atoms with Gasteiger partial charge in [0.25, 0.3) is 0 Å². The molecular formula is C15H30N2O. The van der Waals surface area contributed by atoms with Crippen molar-refractivity contribution in [1.29, 1.82) is 0 Å². The topological polar surface area (TPSA) is 24.5 Å². The molecule has 1 saturated carbocycles. The minimum absolute atomic E-state index is 0.437. The van der Waals surface area contributed by atoms with E-state index in [0.29, 0.717) is 17.5 Å². The molecule has 1 aliphatic carbocycles. The van der Waals surface area contributed by atoms with Gasteiger partial charge in [0.05, 0.1) is 6.61 Å². The van der Waals surface area contributed by atoms with Gasteiger partial charge in [0, 0.05) is 31.8 Å². The highest BCUT2D eigenvalue weighted by molar-refractivity contribution is 5.01. The third kappa shape index (κ3) is 3.25. The molecule has 2 rings (SSSR count). The minimum Gasteiger partial charge on any atom is -0.380 e. The second kappa shape index (κ2) is 6.36. The Hall–Kier alpha value is -0.120. The van der Waals surface area contributed by atoms with Crippen LogP contribution in [0.1, 0.15) is 46.5 Å². The van der Waals surface area contributed by atoms with Gasteiger partial charge in [0.2, 0.25) is 0 Å². The number of nitrogens with one attached hydrogen (secondary N) is 1. The maximum atomic E-state index is 5.59. The zero-order valence-electron chi connectivity index (χ0n) is 12.4. The lowest BCUT2D eigenvalue weighted by Gasteiger charge is -2.37. The van der Waals surface area contributed by atoms with Crippen molar-refractivity contribution in [3.63, 3.8) is 0 Å². The van der Waals surface area contributed by atoms with Crippen molar-refractivity contribution in [2.24, 2.45) is 5.41 Å². The Balaban J connectivity index is 2.00. The van der Waals surface area contributed by atoms with Crippen LogP contribution in [-0.2, 0) is 4.74 Å². The first-order valence-electron chi connectivity index (χ1n) is 7.70. The van der Waals surface area contributed by atoms with Crippen LogP contribution >= 0.6 is 0 Å². The molecule has 0 aromatic carbocycles. The summed E-state index contributed by atoms with van der Waals surface area (Å²) in [4.78, 5) is 2.68. The Kier molecular flexibility index (Phi) is 5.05. The van der Waals surface area contributed by atoms with Crippen molar-refractivity contribution < 1.29 is 4.74 Å². The van der Waals surface area contributed by atoms with Crippen molar-refractivity contribution in [3.8, 4) is 0 Å². The van der Waals surface area contributed by atoms with Crippen LogP contribution < -0.4 is 5.32 Å². The van der Waals surface area contributed by atoms with E-state index in [4.69, 9.17) is 4.74 Å². The van der Waals surface area contributed by atoms with Gasteiger partial charge < -0.3 is 10.1 Å². The molecule has 0 aromatic heterocycles. The molecule has 0 aromatic rings. The lowest BCUT2D eigenvalue weighted by atomic mass is 9.86. The molecule has 3 heteroatoms. The summed E-state index contributed by atoms with van der Waals surface area (Å²) in [6.07, 6.45) is 5.10. The summed E-state index contributed by atoms with van der Waals surface area (Å²) in [5, 5.41) is 3.81. The molecular weight excluding hydrogens is 224 g/mol. The van der Waals surface area contributed by atoms with E-state index in [1.807, 2.05) is 0 Å². The van der Waals surface area contributed by atoms with E-state index in [1.165, 1.54) is 32.2 Å². The summed E-state index contributed by atoms with van der Waals surface area (Å²) in [6.45, 7) is 12.4. The Labute approximate surface area is 112 Å². The van der Waals surface area contributed by atoms with E-state index in [2.05, 4.69) is 31.0 Å². The fourth-order valence-electron chi connectivity index (χ4n) is 3.57. The van der Waals surface area contributed by atoms with E-state index in [1.54, 1.807) is 0 Å². The lowest BCUT2D eigenvalue weighted by Crippen LogP contribution is -2.52. The standard InChI is InChI=1S/C15H30N2O/c1-4-8-16-14-13(6-7-15(14,2)3)17-9-5-11-18-12-10-17/h13-14,16H,4-12H2,1-3H3. The number of hydrogen-bond donors (Lipinski definition) is 1. The summed E-state index contributed by atoms with van der Waals surface area (Å²) < 4.78 is 5.59. The fourth-order valence-corrected chi connectivity index (χ4v) is 3.57. The molecule has 0 amide bonds. The van der Waals surface area contributed by atoms with E-state index in [0.717, 1.165) is 26.3 Å². The van der Waals surface area contributed by atoms with Gasteiger partial charge in [-0.2, -0.15) is 0 Å². The highest BCUT2D eigenvalue weighted by Gasteiger charge is 2.43. The van der Waals surface area contributed by atoms with Crippen LogP contribution in [-0.4, -0.2) is 49.8 Å². The maximum absolute atomic E-state index is 5.59. The van der Waals surface area contributed by atoms with Crippen LogP contribution in [0.2, 0.25) is 0 Å². The van der Waals surface area contributed by atoms with E-state index < -0.39 is 0 Å². The SMILES string of the molecule is CCCNC1C(N2CCCOCC2)CCC1(C)C. The van der Waals surface area contributed by atoms with E-state index in [9.17, 15) is 0 Å². The van der Waals surface area contributed by atoms with Crippen LogP contribution in [0, 0.1) is 5.41 Å². The molecule has 1 saturated heterocycles. The average molecular weight is 254 g/mol. The third-order valence-electron chi connectivity index (χ3n) is 4.65. The summed E-state index contributed by atoms with van der Waals surface area (Å²) >= 11 is 0. The van der Waals surface area contributed by atoms with Crippen molar-refractivity contribution in [3.05, 3.63) is 0 Å². The normalized spacial score (nSPS) is 33.5. The molecule has 0 spiro atoms. The van der Waals surface area contributed by atoms with Crippen LogP contribution in [0.3, 0.4) is 0 Å². The summed E-state index contributed by atoms with van der Waals surface area (Å²) in [6, 6.07) is 1.36. The summed E-state index contributed by atoms with van der Waals surface area (Å²) in [5.74, 6) is 0. The summed E-state index contributed by atoms with van der Waals surface area (Å²) in [5.41, 5.74) is 0.437. The Bertz CT molecular complexity index is 247. The van der Waals surface area contributed by atoms with Gasteiger partial charge in [-0.1, -0.05) is 20.8 Å². The molecule has 1 N–H and O–H groups in total. The first kappa shape index (κ1) is 14.3. The zero-order chi connectivity index (χ0) is 13.0. The Morgan fingerprint density at radius 1 is 1.28 bits per heavy atom. The van der Waals surface area contributed by atoms with Gasteiger partial charge in [-0.05, 0) is 37.6 Å². The third-order valence-corrected chi connectivity index (χ3v) is 4.65. The van der Waals surface area contributed by atoms with E-state index in [-0.39, 0.29) is 0 Å². The fraction of sp³-hybridized carbons (Fsp3) is 1.00. The highest BCUT2D eigenvalue weighted by Crippen LogP contribution is 2.40. The van der Waals surface area contributed by atoms with Crippen molar-refractivity contribution in [2.75, 3.05) is 32.8 Å². The molecule has 106 valence electrons. The van der Waals surface area contributed by atoms with Crippen LogP contribution in [0.5, 0.6) is 0 Å². The van der Waals surface area contributed by atoms with Crippen LogP contribution in [0.25, 0.3) is 0 Å². The van der Waals surface area contributed by atoms with Gasteiger partial charge in [0.15, 0.2) is 0 Å². The van der Waals surface area contributed by atoms with Gasteiger partial charge in [-0.3, -0.25) is 4.90 Å². The first-order valence-corrected chi connectivity index (χ1v) is 7.70. The first-order chi connectivity index (χ1) is 8.65. The highest BCUT2D eigenvalue weighted by atomic mass is 16.5. The monoisotopic (exact) mass is 254 g/mol. The molecule has 0 bridgehead atoms. The van der Waals surface area contributed by atoms with Gasteiger partial charge in [0.1, 0.15) is 0 Å². The van der Waals surface area contributed by atoms with Gasteiger partial charge in [-0.15, -0.1) is 0 Å². The predicted molar refractivity (Wildman–Crippen MR) is 75.9 cm³/mol. The largest absolute Gasteiger partial charge is 0.380 e. The smallest absolute Gasteiger partial charge is 0.0593 e. The van der Waals surface area contributed by atoms with Gasteiger partial charge in [-0.25, -0.2) is 0 Å². The van der Waals surface area contributed by atoms with Crippen molar-refractivity contribution in [1.82, 2.24) is 10.2 Å². The quantitative estimate of drug-likeness (QED) is 0.833. The number of rotatable bonds is 4. The molecule has 1 heterocycles. The number of hydrogen-bond acceptors (Lipinski definition) is 3.